The fourth-order valence-electron chi connectivity index (χ4n) is 3.44. The van der Waals surface area contributed by atoms with Gasteiger partial charge in [0, 0.05) is 38.4 Å². The molecule has 0 saturated heterocycles. The molecule has 0 N–H and O–H groups in total. The zero-order valence-corrected chi connectivity index (χ0v) is 18.4. The van der Waals surface area contributed by atoms with Crippen LogP contribution in [0, 0.1) is 18.6 Å². The van der Waals surface area contributed by atoms with Crippen LogP contribution in [0.1, 0.15) is 11.3 Å². The fourth-order valence-corrected chi connectivity index (χ4v) is 3.44. The van der Waals surface area contributed by atoms with Crippen LogP contribution < -0.4 is 0 Å². The van der Waals surface area contributed by atoms with E-state index in [0.717, 1.165) is 44.5 Å². The van der Waals surface area contributed by atoms with E-state index in [0.29, 0.717) is 0 Å². The Morgan fingerprint density at radius 3 is 2.43 bits per heavy atom. The summed E-state index contributed by atoms with van der Waals surface area (Å²) in [5.41, 5.74) is 5.68. The SMILES string of the molecule is [Ir].[c-]1c([CH]c2cc3ccccc3c(-c3[c-]cccc3)n2)cccc1-c1ccccn1. The number of aromatic nitrogens is 2. The van der Waals surface area contributed by atoms with E-state index in [4.69, 9.17) is 4.98 Å². The van der Waals surface area contributed by atoms with E-state index in [1.165, 1.54) is 0 Å². The zero-order valence-electron chi connectivity index (χ0n) is 16.0. The Kier molecular flexibility index (Phi) is 6.13. The molecule has 5 aromatic rings. The second kappa shape index (κ2) is 9.13. The average Bonchev–Trinajstić information content (AvgIpc) is 2.80. The molecule has 0 unspecified atom stereocenters. The first kappa shape index (κ1) is 20.2. The van der Waals surface area contributed by atoms with Crippen molar-refractivity contribution in [3.8, 4) is 22.5 Å². The van der Waals surface area contributed by atoms with Crippen LogP contribution >= 0.6 is 0 Å². The molecule has 0 amide bonds. The molecule has 0 fully saturated rings. The van der Waals surface area contributed by atoms with Gasteiger partial charge in [-0.15, -0.1) is 71.3 Å². The molecular formula is C27H17IrN2-2. The number of rotatable bonds is 4. The number of hydrogen-bond acceptors (Lipinski definition) is 2. The van der Waals surface area contributed by atoms with Gasteiger partial charge in [0.25, 0.3) is 0 Å². The number of benzene rings is 3. The maximum Gasteiger partial charge on any atom is 0.0371 e. The van der Waals surface area contributed by atoms with E-state index in [9.17, 15) is 0 Å². The van der Waals surface area contributed by atoms with E-state index < -0.39 is 0 Å². The van der Waals surface area contributed by atoms with E-state index in [-0.39, 0.29) is 20.1 Å². The summed E-state index contributed by atoms with van der Waals surface area (Å²) in [6, 6.07) is 37.1. The summed E-state index contributed by atoms with van der Waals surface area (Å²) in [7, 11) is 0. The number of pyridine rings is 2. The molecule has 0 aliphatic rings. The summed E-state index contributed by atoms with van der Waals surface area (Å²) < 4.78 is 0. The number of fused-ring (bicyclic) bond motifs is 1. The quantitative estimate of drug-likeness (QED) is 0.246. The molecule has 0 atom stereocenters. The van der Waals surface area contributed by atoms with Crippen LogP contribution in [0.25, 0.3) is 33.3 Å². The molecule has 5 rings (SSSR count). The first-order valence-electron chi connectivity index (χ1n) is 9.52. The Balaban J connectivity index is 0.00000218. The number of hydrogen-bond donors (Lipinski definition) is 0. The Hall–Kier alpha value is -3.13. The minimum absolute atomic E-state index is 0. The van der Waals surface area contributed by atoms with Crippen molar-refractivity contribution < 1.29 is 20.1 Å². The van der Waals surface area contributed by atoms with Crippen molar-refractivity contribution in [3.05, 3.63) is 127 Å². The van der Waals surface area contributed by atoms with Gasteiger partial charge < -0.3 is 9.97 Å². The minimum atomic E-state index is 0. The molecule has 2 heterocycles. The molecule has 0 aliphatic heterocycles. The molecule has 3 aromatic carbocycles. The molecule has 2 radical (unpaired) electrons. The molecule has 0 aliphatic carbocycles. The van der Waals surface area contributed by atoms with E-state index >= 15 is 0 Å². The average molecular weight is 562 g/mol. The van der Waals surface area contributed by atoms with Crippen molar-refractivity contribution in [3.63, 3.8) is 0 Å². The summed E-state index contributed by atoms with van der Waals surface area (Å²) in [6.07, 6.45) is 3.86. The molecular weight excluding hydrogens is 545 g/mol. The van der Waals surface area contributed by atoms with Crippen molar-refractivity contribution in [1.82, 2.24) is 9.97 Å². The Labute approximate surface area is 190 Å². The second-order valence-corrected chi connectivity index (χ2v) is 6.77. The third kappa shape index (κ3) is 4.23. The van der Waals surface area contributed by atoms with Gasteiger partial charge in [-0.3, -0.25) is 0 Å². The van der Waals surface area contributed by atoms with Gasteiger partial charge in [0.05, 0.1) is 0 Å². The molecule has 2 nitrogen and oxygen atoms in total. The summed E-state index contributed by atoms with van der Waals surface area (Å²) in [6.45, 7) is 0. The molecule has 2 aromatic heterocycles. The molecule has 146 valence electrons. The first-order chi connectivity index (χ1) is 14.4. The van der Waals surface area contributed by atoms with Crippen molar-refractivity contribution in [2.45, 2.75) is 0 Å². The molecule has 0 spiro atoms. The van der Waals surface area contributed by atoms with Crippen molar-refractivity contribution >= 4 is 10.8 Å². The van der Waals surface area contributed by atoms with Gasteiger partial charge in [0.2, 0.25) is 0 Å². The van der Waals surface area contributed by atoms with Crippen molar-refractivity contribution in [2.24, 2.45) is 0 Å². The van der Waals surface area contributed by atoms with Crippen molar-refractivity contribution in [2.75, 3.05) is 0 Å². The monoisotopic (exact) mass is 562 g/mol. The maximum absolute atomic E-state index is 4.95. The van der Waals surface area contributed by atoms with E-state index in [1.54, 1.807) is 6.20 Å². The summed E-state index contributed by atoms with van der Waals surface area (Å²) in [4.78, 5) is 9.37. The predicted molar refractivity (Wildman–Crippen MR) is 117 cm³/mol. The second-order valence-electron chi connectivity index (χ2n) is 6.77. The van der Waals surface area contributed by atoms with E-state index in [1.807, 2.05) is 66.7 Å². The van der Waals surface area contributed by atoms with Gasteiger partial charge in [-0.2, -0.15) is 0 Å². The maximum atomic E-state index is 4.95. The van der Waals surface area contributed by atoms with Gasteiger partial charge in [-0.25, -0.2) is 0 Å². The van der Waals surface area contributed by atoms with Gasteiger partial charge in [-0.1, -0.05) is 36.4 Å². The van der Waals surface area contributed by atoms with Gasteiger partial charge in [0.15, 0.2) is 0 Å². The molecule has 3 heteroatoms. The van der Waals surface area contributed by atoms with Crippen LogP contribution in [0.5, 0.6) is 0 Å². The van der Waals surface area contributed by atoms with Crippen LogP contribution in [0.4, 0.5) is 0 Å². The Morgan fingerprint density at radius 1 is 0.767 bits per heavy atom. The third-order valence-corrected chi connectivity index (χ3v) is 4.79. The summed E-state index contributed by atoms with van der Waals surface area (Å²) in [5, 5.41) is 2.28. The first-order valence-corrected chi connectivity index (χ1v) is 9.52. The van der Waals surface area contributed by atoms with Gasteiger partial charge in [-0.05, 0) is 34.3 Å². The van der Waals surface area contributed by atoms with Crippen LogP contribution in [0.3, 0.4) is 0 Å². The zero-order chi connectivity index (χ0) is 19.5. The van der Waals surface area contributed by atoms with E-state index in [2.05, 4.69) is 47.8 Å². The van der Waals surface area contributed by atoms with Crippen LogP contribution in [-0.2, 0) is 20.1 Å². The molecule has 30 heavy (non-hydrogen) atoms. The molecule has 0 bridgehead atoms. The Bertz CT molecular complexity index is 1270. The summed E-state index contributed by atoms with van der Waals surface area (Å²) >= 11 is 0. The minimum Gasteiger partial charge on any atom is -0.305 e. The third-order valence-electron chi connectivity index (χ3n) is 4.79. The standard InChI is InChI=1S/C27H17N2.Ir/c1-2-10-21(11-3-1)27-25-14-5-4-12-22(25)19-24(29-27)18-20-9-8-13-23(17-20)26-15-6-7-16-28-26;/h1-10,12-16,18-19H;/q-2;. The summed E-state index contributed by atoms with van der Waals surface area (Å²) in [5.74, 6) is 0. The largest absolute Gasteiger partial charge is 0.305 e. The smallest absolute Gasteiger partial charge is 0.0371 e. The molecule has 0 saturated carbocycles. The normalized spacial score (nSPS) is 10.5. The van der Waals surface area contributed by atoms with Crippen LogP contribution in [0.2, 0.25) is 0 Å². The van der Waals surface area contributed by atoms with Crippen LogP contribution in [0.15, 0.2) is 97.2 Å². The van der Waals surface area contributed by atoms with Crippen LogP contribution in [-0.4, -0.2) is 9.97 Å². The fraction of sp³-hybridized carbons (Fsp3) is 0. The van der Waals surface area contributed by atoms with Gasteiger partial charge in [0.1, 0.15) is 0 Å². The number of nitrogens with zero attached hydrogens (tertiary/aromatic N) is 2. The van der Waals surface area contributed by atoms with Gasteiger partial charge >= 0.3 is 0 Å². The Morgan fingerprint density at radius 2 is 1.60 bits per heavy atom. The predicted octanol–water partition coefficient (Wildman–Crippen LogP) is 6.16. The topological polar surface area (TPSA) is 25.8 Å². The van der Waals surface area contributed by atoms with Crippen molar-refractivity contribution in [1.29, 1.82) is 0 Å².